The molecule has 0 aliphatic rings. The van der Waals surface area contributed by atoms with E-state index in [0.29, 0.717) is 29.8 Å². The molecule has 3 rings (SSSR count). The number of rotatable bonds is 8. The van der Waals surface area contributed by atoms with Crippen molar-refractivity contribution in [3.8, 4) is 23.4 Å². The molecular weight excluding hydrogens is 427 g/mol. The molecule has 2 aromatic carbocycles. The lowest BCUT2D eigenvalue weighted by Gasteiger charge is -2.22. The summed E-state index contributed by atoms with van der Waals surface area (Å²) in [7, 11) is -3.71. The van der Waals surface area contributed by atoms with Gasteiger partial charge >= 0.3 is 6.01 Å². The summed E-state index contributed by atoms with van der Waals surface area (Å²) in [5.74, 6) is 1.54. The first-order valence-corrected chi connectivity index (χ1v) is 17.0. The molecule has 1 aromatic heterocycles. The summed E-state index contributed by atoms with van der Waals surface area (Å²) in [6.45, 7) is 12.6. The Bertz CT molecular complexity index is 1030. The van der Waals surface area contributed by atoms with Crippen LogP contribution in [0.4, 0.5) is 4.39 Å². The molecule has 0 spiro atoms. The number of hydrogen-bond acceptors (Lipinski definition) is 5. The molecule has 164 valence electrons. The van der Waals surface area contributed by atoms with Crippen LogP contribution >= 0.6 is 0 Å². The molecular formula is C23H29FN2O3Si2. The van der Waals surface area contributed by atoms with Gasteiger partial charge in [0.1, 0.15) is 17.3 Å². The van der Waals surface area contributed by atoms with Gasteiger partial charge < -0.3 is 13.6 Å². The first kappa shape index (κ1) is 23.0. The summed E-state index contributed by atoms with van der Waals surface area (Å²) < 4.78 is 31.2. The van der Waals surface area contributed by atoms with E-state index in [4.69, 9.17) is 13.6 Å². The fraction of sp³-hybridized carbons (Fsp3) is 0.304. The van der Waals surface area contributed by atoms with E-state index in [1.54, 1.807) is 18.3 Å². The topological polar surface area (TPSA) is 53.5 Å². The van der Waals surface area contributed by atoms with Crippen LogP contribution in [0.3, 0.4) is 0 Å². The van der Waals surface area contributed by atoms with E-state index in [2.05, 4.69) is 49.3 Å². The molecule has 0 saturated carbocycles. The highest BCUT2D eigenvalue weighted by Crippen LogP contribution is 2.27. The lowest BCUT2D eigenvalue weighted by Crippen LogP contribution is -2.32. The first-order valence-electron chi connectivity index (χ1n) is 10.2. The Hall–Kier alpha value is -2.72. The molecule has 0 unspecified atom stereocenters. The summed E-state index contributed by atoms with van der Waals surface area (Å²) in [6.07, 6.45) is 2.37. The highest BCUT2D eigenvalue weighted by molar-refractivity contribution is 6.70. The minimum Gasteiger partial charge on any atom is -0.531 e. The van der Waals surface area contributed by atoms with E-state index in [1.165, 1.54) is 12.1 Å². The summed E-state index contributed by atoms with van der Waals surface area (Å²) in [5, 5.41) is 0. The van der Waals surface area contributed by atoms with Crippen LogP contribution in [-0.4, -0.2) is 26.6 Å². The van der Waals surface area contributed by atoms with Crippen LogP contribution in [0.25, 0.3) is 0 Å². The third kappa shape index (κ3) is 7.48. The molecule has 5 nitrogen and oxygen atoms in total. The Balaban J connectivity index is 1.84. The lowest BCUT2D eigenvalue weighted by molar-refractivity contribution is 0.470. The third-order valence-electron chi connectivity index (χ3n) is 3.95. The zero-order chi connectivity index (χ0) is 22.6. The van der Waals surface area contributed by atoms with Gasteiger partial charge in [-0.25, -0.2) is 9.37 Å². The van der Waals surface area contributed by atoms with Crippen LogP contribution in [0.1, 0.15) is 11.1 Å². The van der Waals surface area contributed by atoms with E-state index in [9.17, 15) is 4.39 Å². The number of ether oxygens (including phenoxy) is 1. The van der Waals surface area contributed by atoms with Crippen LogP contribution in [0.15, 0.2) is 54.7 Å². The van der Waals surface area contributed by atoms with E-state index in [0.717, 1.165) is 11.1 Å². The highest BCUT2D eigenvalue weighted by atomic mass is 28.4. The van der Waals surface area contributed by atoms with Gasteiger partial charge in [-0.1, -0.05) is 12.1 Å². The fourth-order valence-electron chi connectivity index (χ4n) is 2.78. The largest absolute Gasteiger partial charge is 0.531 e. The maximum atomic E-state index is 13.1. The summed E-state index contributed by atoms with van der Waals surface area (Å²) in [4.78, 5) is 9.00. The maximum absolute atomic E-state index is 13.1. The molecule has 0 fully saturated rings. The quantitative estimate of drug-likeness (QED) is 0.366. The Morgan fingerprint density at radius 2 is 1.52 bits per heavy atom. The maximum Gasteiger partial charge on any atom is 0.305 e. The second kappa shape index (κ2) is 9.19. The van der Waals surface area contributed by atoms with Gasteiger partial charge in [-0.15, -0.1) is 0 Å². The van der Waals surface area contributed by atoms with Crippen molar-refractivity contribution in [1.29, 1.82) is 0 Å². The van der Waals surface area contributed by atoms with Gasteiger partial charge in [0.25, 0.3) is 0 Å². The summed E-state index contributed by atoms with van der Waals surface area (Å²) in [5.41, 5.74) is 1.92. The normalized spacial score (nSPS) is 11.8. The molecule has 0 bridgehead atoms. The zero-order valence-electron chi connectivity index (χ0n) is 18.9. The standard InChI is InChI=1S/C23H29FN2O3Si2/c1-30(2,3)28-22-18(16-25-23(26-22)29-31(4,5)6)14-17-8-7-9-21(15-17)27-20-12-10-19(24)11-13-20/h7-13,15-16H,14H2,1-6H3. The monoisotopic (exact) mass is 456 g/mol. The fourth-order valence-corrected chi connectivity index (χ4v) is 4.18. The van der Waals surface area contributed by atoms with Crippen molar-refractivity contribution in [3.05, 3.63) is 71.7 Å². The van der Waals surface area contributed by atoms with Crippen LogP contribution in [-0.2, 0) is 6.42 Å². The number of benzene rings is 2. The average Bonchev–Trinajstić information content (AvgIpc) is 2.64. The van der Waals surface area contributed by atoms with Crippen LogP contribution < -0.4 is 13.6 Å². The number of halogens is 1. The summed E-state index contributed by atoms with van der Waals surface area (Å²) in [6, 6.07) is 14.1. The highest BCUT2D eigenvalue weighted by Gasteiger charge is 2.23. The molecule has 0 saturated heterocycles. The molecule has 0 amide bonds. The molecule has 8 heteroatoms. The molecule has 0 radical (unpaired) electrons. The third-order valence-corrected chi connectivity index (χ3v) is 5.55. The number of nitrogens with zero attached hydrogens (tertiary/aromatic N) is 2. The second-order valence-electron chi connectivity index (χ2n) is 9.29. The Kier molecular flexibility index (Phi) is 6.81. The number of aromatic nitrogens is 2. The van der Waals surface area contributed by atoms with Crippen LogP contribution in [0.2, 0.25) is 39.3 Å². The van der Waals surface area contributed by atoms with E-state index in [-0.39, 0.29) is 5.82 Å². The van der Waals surface area contributed by atoms with Gasteiger partial charge in [0.15, 0.2) is 0 Å². The van der Waals surface area contributed by atoms with Gasteiger partial charge in [0.2, 0.25) is 22.5 Å². The lowest BCUT2D eigenvalue weighted by atomic mass is 10.1. The van der Waals surface area contributed by atoms with Crippen molar-refractivity contribution < 1.29 is 18.0 Å². The predicted octanol–water partition coefficient (Wildman–Crippen LogP) is 6.43. The van der Waals surface area contributed by atoms with E-state index >= 15 is 0 Å². The average molecular weight is 457 g/mol. The van der Waals surface area contributed by atoms with E-state index in [1.807, 2.05) is 24.3 Å². The zero-order valence-corrected chi connectivity index (χ0v) is 20.9. The predicted molar refractivity (Wildman–Crippen MR) is 126 cm³/mol. The Morgan fingerprint density at radius 3 is 2.16 bits per heavy atom. The van der Waals surface area contributed by atoms with Gasteiger partial charge in [-0.2, -0.15) is 4.98 Å². The molecule has 3 aromatic rings. The van der Waals surface area contributed by atoms with Gasteiger partial charge in [-0.05, 0) is 81.2 Å². The van der Waals surface area contributed by atoms with Crippen molar-refractivity contribution in [2.24, 2.45) is 0 Å². The van der Waals surface area contributed by atoms with Crippen molar-refractivity contribution in [2.45, 2.75) is 45.7 Å². The van der Waals surface area contributed by atoms with Crippen molar-refractivity contribution in [1.82, 2.24) is 9.97 Å². The van der Waals surface area contributed by atoms with Gasteiger partial charge in [-0.3, -0.25) is 0 Å². The molecule has 1 heterocycles. The minimum absolute atomic E-state index is 0.294. The Labute approximate surface area is 185 Å². The van der Waals surface area contributed by atoms with E-state index < -0.39 is 16.6 Å². The molecule has 0 N–H and O–H groups in total. The summed E-state index contributed by atoms with van der Waals surface area (Å²) >= 11 is 0. The first-order chi connectivity index (χ1) is 14.5. The molecule has 31 heavy (non-hydrogen) atoms. The molecule has 0 atom stereocenters. The smallest absolute Gasteiger partial charge is 0.305 e. The number of hydrogen-bond donors (Lipinski definition) is 0. The van der Waals surface area contributed by atoms with Crippen molar-refractivity contribution in [2.75, 3.05) is 0 Å². The van der Waals surface area contributed by atoms with Gasteiger partial charge in [0.05, 0.1) is 0 Å². The van der Waals surface area contributed by atoms with Crippen molar-refractivity contribution in [3.63, 3.8) is 0 Å². The SMILES string of the molecule is C[Si](C)(C)Oc1ncc(Cc2cccc(Oc3ccc(F)cc3)c2)c(O[Si](C)(C)C)n1. The Morgan fingerprint density at radius 1 is 0.839 bits per heavy atom. The second-order valence-corrected chi connectivity index (χ2v) is 18.1. The van der Waals surface area contributed by atoms with Crippen molar-refractivity contribution >= 4 is 16.6 Å². The molecule has 0 aliphatic carbocycles. The molecule has 0 aliphatic heterocycles. The minimum atomic E-state index is -1.88. The van der Waals surface area contributed by atoms with Gasteiger partial charge in [0, 0.05) is 18.2 Å². The van der Waals surface area contributed by atoms with Crippen LogP contribution in [0.5, 0.6) is 23.4 Å². The van der Waals surface area contributed by atoms with Crippen LogP contribution in [0, 0.1) is 5.82 Å².